The van der Waals surface area contributed by atoms with Crippen LogP contribution in [0.2, 0.25) is 0 Å². The normalized spacial score (nSPS) is 16.4. The summed E-state index contributed by atoms with van der Waals surface area (Å²) >= 11 is 0. The van der Waals surface area contributed by atoms with E-state index < -0.39 is 0 Å². The molecule has 0 saturated heterocycles. The molecule has 1 radical (unpaired) electrons. The van der Waals surface area contributed by atoms with E-state index in [1.165, 1.54) is 6.42 Å². The lowest BCUT2D eigenvalue weighted by Crippen LogP contribution is -2.15. The van der Waals surface area contributed by atoms with E-state index in [0.29, 0.717) is 12.2 Å². The minimum absolute atomic E-state index is 0.409. The highest BCUT2D eigenvalue weighted by molar-refractivity contribution is 4.55. The molecule has 0 spiro atoms. The topological polar surface area (TPSA) is 9.23 Å². The summed E-state index contributed by atoms with van der Waals surface area (Å²) in [4.78, 5) is 0. The highest BCUT2D eigenvalue weighted by Crippen LogP contribution is 2.08. The average molecular weight is 157 g/mol. The molecular formula is C10H21O. The molecule has 11 heavy (non-hydrogen) atoms. The van der Waals surface area contributed by atoms with Gasteiger partial charge in [-0.15, -0.1) is 0 Å². The number of hydrogen-bond donors (Lipinski definition) is 0. The van der Waals surface area contributed by atoms with Gasteiger partial charge < -0.3 is 4.74 Å². The van der Waals surface area contributed by atoms with Gasteiger partial charge in [0, 0.05) is 0 Å². The molecule has 0 rings (SSSR count). The Morgan fingerprint density at radius 2 is 1.91 bits per heavy atom. The molecule has 0 amide bonds. The van der Waals surface area contributed by atoms with Crippen molar-refractivity contribution < 1.29 is 4.74 Å². The summed E-state index contributed by atoms with van der Waals surface area (Å²) in [5.74, 6) is 0. The van der Waals surface area contributed by atoms with Gasteiger partial charge in [0.25, 0.3) is 0 Å². The smallest absolute Gasteiger partial charge is 0.0550 e. The number of rotatable bonds is 6. The second-order valence-corrected chi connectivity index (χ2v) is 3.16. The third kappa shape index (κ3) is 6.36. The van der Waals surface area contributed by atoms with Gasteiger partial charge in [0.2, 0.25) is 0 Å². The van der Waals surface area contributed by atoms with Crippen LogP contribution in [0.3, 0.4) is 0 Å². The van der Waals surface area contributed by atoms with E-state index in [0.717, 1.165) is 19.3 Å². The standard InChI is InChI=1S/C10H21O/c1-5-7-8-10(4)11-9(3)6-2/h9-10H,1,5-8H2,2-4H3. The predicted molar refractivity (Wildman–Crippen MR) is 49.5 cm³/mol. The molecule has 0 saturated carbocycles. The third-order valence-corrected chi connectivity index (χ3v) is 1.90. The van der Waals surface area contributed by atoms with Crippen LogP contribution in [0.15, 0.2) is 0 Å². The van der Waals surface area contributed by atoms with Gasteiger partial charge in [-0.1, -0.05) is 26.7 Å². The predicted octanol–water partition coefficient (Wildman–Crippen LogP) is 3.19. The van der Waals surface area contributed by atoms with E-state index in [2.05, 4.69) is 27.7 Å². The molecule has 0 aromatic carbocycles. The maximum absolute atomic E-state index is 5.67. The maximum atomic E-state index is 5.67. The van der Waals surface area contributed by atoms with Crippen molar-refractivity contribution in [3.63, 3.8) is 0 Å². The van der Waals surface area contributed by atoms with Crippen LogP contribution in [0.25, 0.3) is 0 Å². The quantitative estimate of drug-likeness (QED) is 0.575. The molecule has 0 aliphatic rings. The van der Waals surface area contributed by atoms with Gasteiger partial charge in [0.1, 0.15) is 0 Å². The Bertz CT molecular complexity index is 80.9. The summed E-state index contributed by atoms with van der Waals surface area (Å²) in [7, 11) is 0. The molecule has 0 aromatic rings. The molecule has 2 atom stereocenters. The molecule has 0 bridgehead atoms. The molecule has 1 heteroatoms. The summed E-state index contributed by atoms with van der Waals surface area (Å²) in [6.45, 7) is 10.2. The van der Waals surface area contributed by atoms with Crippen LogP contribution in [-0.4, -0.2) is 12.2 Å². The molecule has 0 aliphatic carbocycles. The molecule has 0 aromatic heterocycles. The average Bonchev–Trinajstić information content (AvgIpc) is 2.00. The molecule has 2 unspecified atom stereocenters. The molecule has 0 aliphatic heterocycles. The Morgan fingerprint density at radius 3 is 2.36 bits per heavy atom. The summed E-state index contributed by atoms with van der Waals surface area (Å²) < 4.78 is 5.67. The second kappa shape index (κ2) is 6.66. The van der Waals surface area contributed by atoms with Crippen LogP contribution in [0.4, 0.5) is 0 Å². The molecular weight excluding hydrogens is 136 g/mol. The fourth-order valence-electron chi connectivity index (χ4n) is 0.993. The number of unbranched alkanes of at least 4 members (excludes halogenated alkanes) is 1. The minimum atomic E-state index is 0.409. The summed E-state index contributed by atoms with van der Waals surface area (Å²) in [6, 6.07) is 0. The van der Waals surface area contributed by atoms with Crippen molar-refractivity contribution in [1.29, 1.82) is 0 Å². The highest BCUT2D eigenvalue weighted by Gasteiger charge is 2.05. The van der Waals surface area contributed by atoms with Crippen molar-refractivity contribution in [2.75, 3.05) is 0 Å². The Balaban J connectivity index is 3.27. The molecule has 0 fully saturated rings. The first-order chi connectivity index (χ1) is 5.20. The fraction of sp³-hybridized carbons (Fsp3) is 0.900. The largest absolute Gasteiger partial charge is 0.376 e. The van der Waals surface area contributed by atoms with Crippen LogP contribution in [0.1, 0.15) is 46.5 Å². The summed E-state index contributed by atoms with van der Waals surface area (Å²) in [6.07, 6.45) is 5.27. The maximum Gasteiger partial charge on any atom is 0.0550 e. The van der Waals surface area contributed by atoms with Gasteiger partial charge in [-0.05, 0) is 26.7 Å². The van der Waals surface area contributed by atoms with Crippen LogP contribution in [0, 0.1) is 6.92 Å². The van der Waals surface area contributed by atoms with Gasteiger partial charge >= 0.3 is 0 Å². The fourth-order valence-corrected chi connectivity index (χ4v) is 0.993. The van der Waals surface area contributed by atoms with Crippen molar-refractivity contribution in [2.45, 2.75) is 58.7 Å². The summed E-state index contributed by atoms with van der Waals surface area (Å²) in [5, 5.41) is 0. The van der Waals surface area contributed by atoms with Gasteiger partial charge in [-0.2, -0.15) is 0 Å². The zero-order chi connectivity index (χ0) is 8.69. The monoisotopic (exact) mass is 157 g/mol. The first-order valence-electron chi connectivity index (χ1n) is 4.65. The number of ether oxygens (including phenoxy) is 1. The van der Waals surface area contributed by atoms with E-state index in [1.807, 2.05) is 0 Å². The molecule has 67 valence electrons. The zero-order valence-electron chi connectivity index (χ0n) is 8.10. The highest BCUT2D eigenvalue weighted by atomic mass is 16.5. The Hall–Kier alpha value is -0.0400. The lowest BCUT2D eigenvalue weighted by molar-refractivity contribution is 0.00176. The second-order valence-electron chi connectivity index (χ2n) is 3.16. The number of hydrogen-bond acceptors (Lipinski definition) is 1. The van der Waals surface area contributed by atoms with Crippen LogP contribution >= 0.6 is 0 Å². The first kappa shape index (κ1) is 11.0. The van der Waals surface area contributed by atoms with Crippen molar-refractivity contribution in [1.82, 2.24) is 0 Å². The van der Waals surface area contributed by atoms with Crippen molar-refractivity contribution in [2.24, 2.45) is 0 Å². The molecule has 0 heterocycles. The van der Waals surface area contributed by atoms with E-state index in [1.54, 1.807) is 0 Å². The van der Waals surface area contributed by atoms with Gasteiger partial charge in [-0.25, -0.2) is 0 Å². The Labute approximate surface area is 71.1 Å². The SMILES string of the molecule is [CH2]CCCC(C)OC(C)CC. The zero-order valence-corrected chi connectivity index (χ0v) is 8.10. The molecule has 1 nitrogen and oxygen atoms in total. The van der Waals surface area contributed by atoms with E-state index >= 15 is 0 Å². The van der Waals surface area contributed by atoms with E-state index in [-0.39, 0.29) is 0 Å². The lowest BCUT2D eigenvalue weighted by atomic mass is 10.2. The van der Waals surface area contributed by atoms with Crippen molar-refractivity contribution in [3.05, 3.63) is 6.92 Å². The summed E-state index contributed by atoms with van der Waals surface area (Å²) in [5.41, 5.74) is 0. The van der Waals surface area contributed by atoms with Crippen molar-refractivity contribution in [3.8, 4) is 0 Å². The lowest BCUT2D eigenvalue weighted by Gasteiger charge is -2.17. The van der Waals surface area contributed by atoms with Gasteiger partial charge in [-0.3, -0.25) is 0 Å². The van der Waals surface area contributed by atoms with Crippen LogP contribution in [0.5, 0.6) is 0 Å². The Kier molecular flexibility index (Phi) is 6.63. The minimum Gasteiger partial charge on any atom is -0.376 e. The van der Waals surface area contributed by atoms with Gasteiger partial charge in [0.05, 0.1) is 12.2 Å². The third-order valence-electron chi connectivity index (χ3n) is 1.90. The molecule has 0 N–H and O–H groups in total. The van der Waals surface area contributed by atoms with Gasteiger partial charge in [0.15, 0.2) is 0 Å². The van der Waals surface area contributed by atoms with Crippen LogP contribution in [-0.2, 0) is 4.74 Å². The van der Waals surface area contributed by atoms with Crippen molar-refractivity contribution >= 4 is 0 Å². The Morgan fingerprint density at radius 1 is 1.27 bits per heavy atom. The van der Waals surface area contributed by atoms with E-state index in [9.17, 15) is 0 Å². The van der Waals surface area contributed by atoms with Crippen LogP contribution < -0.4 is 0 Å². The van der Waals surface area contributed by atoms with E-state index in [4.69, 9.17) is 4.74 Å². The first-order valence-corrected chi connectivity index (χ1v) is 4.65.